The van der Waals surface area contributed by atoms with Gasteiger partial charge in [0.2, 0.25) is 0 Å². The van der Waals surface area contributed by atoms with Crippen LogP contribution in [0.2, 0.25) is 0 Å². The number of hydrogen-bond acceptors (Lipinski definition) is 4. The number of ether oxygens (including phenoxy) is 1. The van der Waals surface area contributed by atoms with Crippen molar-refractivity contribution in [3.05, 3.63) is 0 Å². The van der Waals surface area contributed by atoms with E-state index in [0.29, 0.717) is 12.1 Å². The van der Waals surface area contributed by atoms with Gasteiger partial charge in [0.05, 0.1) is 6.61 Å². The molecule has 1 heterocycles. The highest BCUT2D eigenvalue weighted by atomic mass is 16.5. The Morgan fingerprint density at radius 1 is 1.33 bits per heavy atom. The highest BCUT2D eigenvalue weighted by molar-refractivity contribution is 4.84. The van der Waals surface area contributed by atoms with E-state index in [4.69, 9.17) is 4.74 Å². The molecule has 1 aliphatic rings. The first-order chi connectivity index (χ1) is 8.72. The first-order valence-corrected chi connectivity index (χ1v) is 7.36. The van der Waals surface area contributed by atoms with Gasteiger partial charge in [-0.05, 0) is 26.4 Å². The molecule has 2 atom stereocenters. The quantitative estimate of drug-likeness (QED) is 0.657. The van der Waals surface area contributed by atoms with E-state index in [2.05, 4.69) is 36.0 Å². The van der Waals surface area contributed by atoms with Crippen molar-refractivity contribution in [2.75, 3.05) is 53.5 Å². The Labute approximate surface area is 113 Å². The summed E-state index contributed by atoms with van der Waals surface area (Å²) in [6, 6.07) is 1.22. The second-order valence-corrected chi connectivity index (χ2v) is 5.35. The Balaban J connectivity index is 2.45. The molecule has 0 saturated carbocycles. The molecule has 0 aliphatic carbocycles. The molecule has 2 unspecified atom stereocenters. The van der Waals surface area contributed by atoms with Gasteiger partial charge in [0.25, 0.3) is 0 Å². The van der Waals surface area contributed by atoms with Gasteiger partial charge in [0, 0.05) is 45.4 Å². The number of nitrogens with zero attached hydrogens (tertiary/aromatic N) is 2. The Morgan fingerprint density at radius 2 is 2.11 bits per heavy atom. The van der Waals surface area contributed by atoms with E-state index in [1.807, 2.05) is 0 Å². The second kappa shape index (κ2) is 8.86. The maximum atomic E-state index is 5.39. The molecule has 4 heteroatoms. The van der Waals surface area contributed by atoms with Crippen molar-refractivity contribution in [1.82, 2.24) is 15.1 Å². The average molecular weight is 257 g/mol. The SMILES string of the molecule is CCCNCC(COC)N1CCN(C)C(CC)C1. The van der Waals surface area contributed by atoms with Crippen molar-refractivity contribution in [1.29, 1.82) is 0 Å². The molecule has 0 aromatic carbocycles. The molecule has 0 bridgehead atoms. The van der Waals surface area contributed by atoms with Crippen molar-refractivity contribution in [3.8, 4) is 0 Å². The molecule has 0 spiro atoms. The highest BCUT2D eigenvalue weighted by Crippen LogP contribution is 2.13. The lowest BCUT2D eigenvalue weighted by atomic mass is 10.1. The van der Waals surface area contributed by atoms with E-state index in [1.54, 1.807) is 7.11 Å². The van der Waals surface area contributed by atoms with Gasteiger partial charge in [-0.3, -0.25) is 4.90 Å². The number of likely N-dealkylation sites (N-methyl/N-ethyl adjacent to an activating group) is 1. The van der Waals surface area contributed by atoms with Gasteiger partial charge in [0.1, 0.15) is 0 Å². The predicted octanol–water partition coefficient (Wildman–Crippen LogP) is 1.03. The lowest BCUT2D eigenvalue weighted by molar-refractivity contribution is 0.0287. The number of hydrogen-bond donors (Lipinski definition) is 1. The molecule has 0 aromatic heterocycles. The van der Waals surface area contributed by atoms with E-state index in [9.17, 15) is 0 Å². The van der Waals surface area contributed by atoms with E-state index in [0.717, 1.165) is 26.2 Å². The Morgan fingerprint density at radius 3 is 2.72 bits per heavy atom. The first kappa shape index (κ1) is 15.9. The summed E-state index contributed by atoms with van der Waals surface area (Å²) in [6.07, 6.45) is 2.43. The topological polar surface area (TPSA) is 27.7 Å². The molecule has 1 fully saturated rings. The fourth-order valence-corrected chi connectivity index (χ4v) is 2.67. The fraction of sp³-hybridized carbons (Fsp3) is 1.00. The zero-order valence-electron chi connectivity index (χ0n) is 12.6. The summed E-state index contributed by atoms with van der Waals surface area (Å²) in [5, 5.41) is 3.53. The molecule has 1 saturated heterocycles. The van der Waals surface area contributed by atoms with E-state index in [-0.39, 0.29) is 0 Å². The van der Waals surface area contributed by atoms with Crippen LogP contribution in [0.25, 0.3) is 0 Å². The van der Waals surface area contributed by atoms with Crippen LogP contribution in [-0.4, -0.2) is 75.4 Å². The zero-order valence-corrected chi connectivity index (χ0v) is 12.6. The minimum absolute atomic E-state index is 0.518. The van der Waals surface area contributed by atoms with Gasteiger partial charge in [-0.25, -0.2) is 0 Å². The average Bonchev–Trinajstić information content (AvgIpc) is 2.39. The van der Waals surface area contributed by atoms with Gasteiger partial charge in [-0.1, -0.05) is 13.8 Å². The Hall–Kier alpha value is -0.160. The summed E-state index contributed by atoms with van der Waals surface area (Å²) >= 11 is 0. The molecule has 0 amide bonds. The molecular formula is C14H31N3O. The van der Waals surface area contributed by atoms with Gasteiger partial charge in [0.15, 0.2) is 0 Å². The number of rotatable bonds is 8. The smallest absolute Gasteiger partial charge is 0.0630 e. The zero-order chi connectivity index (χ0) is 13.4. The lowest BCUT2D eigenvalue weighted by Gasteiger charge is -2.42. The molecule has 18 heavy (non-hydrogen) atoms. The van der Waals surface area contributed by atoms with Crippen LogP contribution < -0.4 is 5.32 Å². The van der Waals surface area contributed by atoms with Crippen LogP contribution in [0, 0.1) is 0 Å². The Kier molecular flexibility index (Phi) is 7.82. The standard InChI is InChI=1S/C14H31N3O/c1-5-7-15-10-14(12-18-4)17-9-8-16(3)13(6-2)11-17/h13-15H,5-12H2,1-4H3. The normalized spacial score (nSPS) is 24.3. The third kappa shape index (κ3) is 4.84. The van der Waals surface area contributed by atoms with Gasteiger partial charge < -0.3 is 15.0 Å². The van der Waals surface area contributed by atoms with E-state index in [1.165, 1.54) is 25.9 Å². The van der Waals surface area contributed by atoms with Crippen molar-refractivity contribution in [2.24, 2.45) is 0 Å². The van der Waals surface area contributed by atoms with Crippen LogP contribution in [0.1, 0.15) is 26.7 Å². The Bertz CT molecular complexity index is 213. The number of nitrogens with one attached hydrogen (secondary N) is 1. The van der Waals surface area contributed by atoms with Crippen LogP contribution in [0.3, 0.4) is 0 Å². The van der Waals surface area contributed by atoms with Crippen LogP contribution in [0.4, 0.5) is 0 Å². The maximum absolute atomic E-state index is 5.39. The molecule has 108 valence electrons. The predicted molar refractivity (Wildman–Crippen MR) is 77.1 cm³/mol. The molecule has 4 nitrogen and oxygen atoms in total. The highest BCUT2D eigenvalue weighted by Gasteiger charge is 2.27. The summed E-state index contributed by atoms with van der Waals surface area (Å²) in [6.45, 7) is 11.0. The lowest BCUT2D eigenvalue weighted by Crippen LogP contribution is -2.57. The van der Waals surface area contributed by atoms with E-state index < -0.39 is 0 Å². The molecule has 1 rings (SSSR count). The van der Waals surface area contributed by atoms with Crippen molar-refractivity contribution in [3.63, 3.8) is 0 Å². The molecule has 0 radical (unpaired) electrons. The van der Waals surface area contributed by atoms with Crippen molar-refractivity contribution >= 4 is 0 Å². The largest absolute Gasteiger partial charge is 0.383 e. The summed E-state index contributed by atoms with van der Waals surface area (Å²) in [5.41, 5.74) is 0. The number of methoxy groups -OCH3 is 1. The molecular weight excluding hydrogens is 226 g/mol. The fourth-order valence-electron chi connectivity index (χ4n) is 2.67. The van der Waals surface area contributed by atoms with Crippen LogP contribution in [0.15, 0.2) is 0 Å². The third-order valence-electron chi connectivity index (χ3n) is 3.96. The van der Waals surface area contributed by atoms with Gasteiger partial charge in [-0.15, -0.1) is 0 Å². The monoisotopic (exact) mass is 257 g/mol. The molecule has 0 aromatic rings. The van der Waals surface area contributed by atoms with Gasteiger partial charge >= 0.3 is 0 Å². The van der Waals surface area contributed by atoms with Crippen molar-refractivity contribution in [2.45, 2.75) is 38.8 Å². The van der Waals surface area contributed by atoms with Crippen LogP contribution >= 0.6 is 0 Å². The summed E-state index contributed by atoms with van der Waals surface area (Å²) in [4.78, 5) is 5.08. The van der Waals surface area contributed by atoms with Gasteiger partial charge in [-0.2, -0.15) is 0 Å². The minimum Gasteiger partial charge on any atom is -0.383 e. The second-order valence-electron chi connectivity index (χ2n) is 5.35. The minimum atomic E-state index is 0.518. The summed E-state index contributed by atoms with van der Waals surface area (Å²) < 4.78 is 5.39. The maximum Gasteiger partial charge on any atom is 0.0630 e. The van der Waals surface area contributed by atoms with Crippen LogP contribution in [-0.2, 0) is 4.74 Å². The van der Waals surface area contributed by atoms with E-state index >= 15 is 0 Å². The molecule has 1 N–H and O–H groups in total. The summed E-state index contributed by atoms with van der Waals surface area (Å²) in [7, 11) is 4.05. The molecule has 1 aliphatic heterocycles. The van der Waals surface area contributed by atoms with Crippen LogP contribution in [0.5, 0.6) is 0 Å². The third-order valence-corrected chi connectivity index (χ3v) is 3.96. The summed E-state index contributed by atoms with van der Waals surface area (Å²) in [5.74, 6) is 0. The first-order valence-electron chi connectivity index (χ1n) is 7.36. The van der Waals surface area contributed by atoms with Crippen molar-refractivity contribution < 1.29 is 4.74 Å². The number of piperazine rings is 1.